The molecular weight excluding hydrogens is 313 g/mol. The summed E-state index contributed by atoms with van der Waals surface area (Å²) in [6, 6.07) is 0.0412. The minimum absolute atomic E-state index is 0.0412. The summed E-state index contributed by atoms with van der Waals surface area (Å²) in [7, 11) is -1.37. The lowest BCUT2D eigenvalue weighted by atomic mass is 9.66. The number of carbonyl (C=O) groups excluding carboxylic acids is 2. The van der Waals surface area contributed by atoms with Crippen molar-refractivity contribution in [2.75, 3.05) is 32.8 Å². The smallest absolute Gasteiger partial charge is 0.447 e. The second-order valence-electron chi connectivity index (χ2n) is 7.71. The van der Waals surface area contributed by atoms with Crippen molar-refractivity contribution in [3.63, 3.8) is 0 Å². The first-order chi connectivity index (χ1) is 11.4. The maximum absolute atomic E-state index is 12.5. The summed E-state index contributed by atoms with van der Waals surface area (Å²) in [6.45, 7) is 2.91. The van der Waals surface area contributed by atoms with Gasteiger partial charge in [-0.15, -0.1) is 0 Å². The largest absolute Gasteiger partial charge is 0.480 e. The number of hydrogen-bond donors (Lipinski definition) is 3. The second-order valence-corrected chi connectivity index (χ2v) is 7.71. The van der Waals surface area contributed by atoms with Crippen LogP contribution in [0.15, 0.2) is 11.5 Å². The molecule has 0 unspecified atom stereocenters. The minimum Gasteiger partial charge on any atom is -0.447 e. The number of amides is 3. The monoisotopic (exact) mass is 335 g/mol. The van der Waals surface area contributed by atoms with Crippen molar-refractivity contribution in [3.8, 4) is 0 Å². The molecule has 1 saturated carbocycles. The molecule has 8 nitrogen and oxygen atoms in total. The molecule has 4 aliphatic rings. The molecule has 0 bridgehead atoms. The van der Waals surface area contributed by atoms with E-state index in [1.54, 1.807) is 4.90 Å². The van der Waals surface area contributed by atoms with Crippen LogP contribution in [0.4, 0.5) is 9.59 Å². The second kappa shape index (κ2) is 5.39. The van der Waals surface area contributed by atoms with Crippen molar-refractivity contribution >= 4 is 19.2 Å². The van der Waals surface area contributed by atoms with Crippen LogP contribution in [0.3, 0.4) is 0 Å². The van der Waals surface area contributed by atoms with Crippen LogP contribution in [0.2, 0.25) is 0 Å². The number of nitrogens with zero attached hydrogens (tertiary/aromatic N) is 2. The van der Waals surface area contributed by atoms with Gasteiger partial charge in [0.25, 0.3) is 0 Å². The number of nitrogens with one attached hydrogen (secondary N) is 1. The van der Waals surface area contributed by atoms with E-state index >= 15 is 0 Å². The fourth-order valence-electron chi connectivity index (χ4n) is 4.38. The first kappa shape index (κ1) is 15.8. The van der Waals surface area contributed by atoms with Gasteiger partial charge in [0, 0.05) is 18.5 Å². The minimum atomic E-state index is -1.37. The van der Waals surface area contributed by atoms with Crippen LogP contribution in [0.5, 0.6) is 0 Å². The zero-order valence-corrected chi connectivity index (χ0v) is 13.5. The third kappa shape index (κ3) is 2.65. The van der Waals surface area contributed by atoms with Gasteiger partial charge >= 0.3 is 19.2 Å². The summed E-state index contributed by atoms with van der Waals surface area (Å²) in [5.74, 6) is 1.52. The maximum atomic E-state index is 12.5. The van der Waals surface area contributed by atoms with Gasteiger partial charge in [-0.2, -0.15) is 0 Å². The van der Waals surface area contributed by atoms with E-state index in [1.807, 2.05) is 4.90 Å². The molecule has 24 heavy (non-hydrogen) atoms. The van der Waals surface area contributed by atoms with Crippen LogP contribution < -0.4 is 5.32 Å². The van der Waals surface area contributed by atoms with Crippen molar-refractivity contribution in [2.24, 2.45) is 5.41 Å². The normalized spacial score (nSPS) is 26.6. The van der Waals surface area contributed by atoms with Gasteiger partial charge < -0.3 is 29.9 Å². The van der Waals surface area contributed by atoms with Gasteiger partial charge in [0.2, 0.25) is 0 Å². The molecule has 0 aromatic rings. The van der Waals surface area contributed by atoms with E-state index in [4.69, 9.17) is 14.8 Å². The Kier molecular flexibility index (Phi) is 3.54. The average molecular weight is 335 g/mol. The molecule has 3 saturated heterocycles. The third-order valence-corrected chi connectivity index (χ3v) is 5.77. The molecule has 1 aliphatic carbocycles. The van der Waals surface area contributed by atoms with Gasteiger partial charge in [0.1, 0.15) is 12.1 Å². The van der Waals surface area contributed by atoms with Gasteiger partial charge in [-0.25, -0.2) is 9.59 Å². The lowest BCUT2D eigenvalue weighted by Gasteiger charge is -2.56. The Morgan fingerprint density at radius 1 is 1.17 bits per heavy atom. The van der Waals surface area contributed by atoms with Crippen molar-refractivity contribution in [3.05, 3.63) is 11.5 Å². The van der Waals surface area contributed by atoms with Gasteiger partial charge in [0.15, 0.2) is 0 Å². The fourth-order valence-corrected chi connectivity index (χ4v) is 4.38. The molecule has 2 spiro atoms. The lowest BCUT2D eigenvalue weighted by Crippen LogP contribution is -2.73. The topological polar surface area (TPSA) is 102 Å². The molecule has 0 aromatic carbocycles. The highest BCUT2D eigenvalue weighted by Gasteiger charge is 2.54. The summed E-state index contributed by atoms with van der Waals surface area (Å²) in [5.41, 5.74) is 0.924. The van der Waals surface area contributed by atoms with E-state index in [9.17, 15) is 9.59 Å². The lowest BCUT2D eigenvalue weighted by molar-refractivity contribution is -0.0219. The van der Waals surface area contributed by atoms with Crippen molar-refractivity contribution in [1.29, 1.82) is 0 Å². The first-order valence-electron chi connectivity index (χ1n) is 8.43. The molecule has 3 amide bonds. The highest BCUT2D eigenvalue weighted by atomic mass is 16.6. The molecule has 4 fully saturated rings. The number of allylic oxidation sites excluding steroid dienone is 1. The van der Waals surface area contributed by atoms with E-state index in [2.05, 4.69) is 5.32 Å². The van der Waals surface area contributed by atoms with Crippen LogP contribution in [0.1, 0.15) is 25.7 Å². The van der Waals surface area contributed by atoms with Crippen LogP contribution in [-0.4, -0.2) is 77.4 Å². The molecule has 3 aliphatic heterocycles. The van der Waals surface area contributed by atoms with Crippen molar-refractivity contribution < 1.29 is 24.4 Å². The number of urea groups is 1. The zero-order chi connectivity index (χ0) is 16.9. The highest BCUT2D eigenvalue weighted by molar-refractivity contribution is 6.47. The Balaban J connectivity index is 1.25. The van der Waals surface area contributed by atoms with Gasteiger partial charge in [-0.1, -0.05) is 11.5 Å². The van der Waals surface area contributed by atoms with Crippen LogP contribution in [-0.2, 0) is 4.74 Å². The Labute approximate surface area is 140 Å². The highest BCUT2D eigenvalue weighted by Crippen LogP contribution is 2.46. The quantitative estimate of drug-likeness (QED) is 0.572. The molecule has 0 aromatic heterocycles. The zero-order valence-electron chi connectivity index (χ0n) is 13.5. The number of cyclic esters (lactones) is 1. The summed E-state index contributed by atoms with van der Waals surface area (Å²) in [6.07, 6.45) is 3.32. The van der Waals surface area contributed by atoms with E-state index in [0.29, 0.717) is 19.7 Å². The number of hydrogen-bond acceptors (Lipinski definition) is 5. The predicted octanol–water partition coefficient (Wildman–Crippen LogP) is -0.285. The third-order valence-electron chi connectivity index (χ3n) is 5.77. The van der Waals surface area contributed by atoms with Crippen molar-refractivity contribution in [1.82, 2.24) is 15.1 Å². The summed E-state index contributed by atoms with van der Waals surface area (Å²) in [5, 5.41) is 20.8. The molecular formula is C15H22BN3O5. The number of rotatable bonds is 1. The predicted molar refractivity (Wildman–Crippen MR) is 84.9 cm³/mol. The molecule has 130 valence electrons. The molecule has 4 rings (SSSR count). The first-order valence-corrected chi connectivity index (χ1v) is 8.43. The number of carbonyl (C=O) groups is 2. The van der Waals surface area contributed by atoms with Crippen LogP contribution in [0.25, 0.3) is 0 Å². The molecule has 0 atom stereocenters. The Morgan fingerprint density at radius 3 is 2.33 bits per heavy atom. The van der Waals surface area contributed by atoms with Crippen molar-refractivity contribution in [2.45, 2.75) is 31.2 Å². The number of likely N-dealkylation sites (tertiary alicyclic amines) is 2. The van der Waals surface area contributed by atoms with E-state index < -0.39 is 13.2 Å². The fraction of sp³-hybridized carbons (Fsp3) is 0.733. The number of alkyl carbamates (subject to hydrolysis) is 1. The molecule has 3 heterocycles. The van der Waals surface area contributed by atoms with E-state index in [-0.39, 0.29) is 17.0 Å². The molecule has 9 heteroatoms. The van der Waals surface area contributed by atoms with Crippen LogP contribution in [0, 0.1) is 5.41 Å². The summed E-state index contributed by atoms with van der Waals surface area (Å²) in [4.78, 5) is 27.3. The van der Waals surface area contributed by atoms with Gasteiger partial charge in [0.05, 0.1) is 13.1 Å². The Hall–Kier alpha value is -1.74. The average Bonchev–Trinajstić information content (AvgIpc) is 2.85. The van der Waals surface area contributed by atoms with Crippen LogP contribution >= 0.6 is 0 Å². The van der Waals surface area contributed by atoms with E-state index in [1.165, 1.54) is 5.98 Å². The maximum Gasteiger partial charge on any atom is 0.480 e. The SMILES string of the molecule is O=C1NC2(CO1)CN(C(=O)N1CC3(CCC(=CB(O)O)CC3)C1)C2. The summed E-state index contributed by atoms with van der Waals surface area (Å²) < 4.78 is 4.92. The van der Waals surface area contributed by atoms with E-state index in [0.717, 1.165) is 44.3 Å². The van der Waals surface area contributed by atoms with Gasteiger partial charge in [-0.05, 0) is 25.7 Å². The van der Waals surface area contributed by atoms with Gasteiger partial charge in [-0.3, -0.25) is 0 Å². The number of ether oxygens (including phenoxy) is 1. The Morgan fingerprint density at radius 2 is 1.79 bits per heavy atom. The molecule has 3 N–H and O–H groups in total. The summed E-state index contributed by atoms with van der Waals surface area (Å²) >= 11 is 0. The Bertz CT molecular complexity index is 584. The standard InChI is InChI=1S/C15H22BN3O5/c20-12-17-15(10-24-12)8-19(9-15)13(21)18-6-14(7-18)3-1-11(2-4-14)5-16(22)23/h5,22-23H,1-4,6-10H2,(H,17,20). The molecule has 0 radical (unpaired) electrons.